The van der Waals surface area contributed by atoms with Crippen LogP contribution in [0.2, 0.25) is 0 Å². The van der Waals surface area contributed by atoms with Gasteiger partial charge in [0.1, 0.15) is 0 Å². The largest absolute Gasteiger partial charge is 0.481 e. The van der Waals surface area contributed by atoms with Gasteiger partial charge in [-0.15, -0.1) is 0 Å². The van der Waals surface area contributed by atoms with Gasteiger partial charge in [-0.25, -0.2) is 8.42 Å². The lowest BCUT2D eigenvalue weighted by Gasteiger charge is -2.26. The van der Waals surface area contributed by atoms with E-state index in [1.54, 1.807) is 0 Å². The second-order valence-electron chi connectivity index (χ2n) is 3.34. The highest BCUT2D eigenvalue weighted by Gasteiger charge is 2.36. The lowest BCUT2D eigenvalue weighted by Crippen LogP contribution is -2.40. The molecule has 1 rings (SSSR count). The second-order valence-corrected chi connectivity index (χ2v) is 5.57. The van der Waals surface area contributed by atoms with Gasteiger partial charge in [-0.2, -0.15) is 0 Å². The molecule has 0 bridgehead atoms. The van der Waals surface area contributed by atoms with Crippen LogP contribution in [0.1, 0.15) is 6.42 Å². The van der Waals surface area contributed by atoms with Crippen molar-refractivity contribution >= 4 is 15.8 Å². The lowest BCUT2D eigenvalue weighted by molar-refractivity contribution is -0.143. The molecule has 0 unspecified atom stereocenters. The summed E-state index contributed by atoms with van der Waals surface area (Å²) in [7, 11) is -3.05. The number of rotatable bonds is 2. The molecule has 0 aromatic carbocycles. The van der Waals surface area contributed by atoms with E-state index in [2.05, 4.69) is 0 Å². The fourth-order valence-electron chi connectivity index (χ4n) is 1.63. The molecule has 1 aliphatic heterocycles. The highest BCUT2D eigenvalue weighted by atomic mass is 32.2. The van der Waals surface area contributed by atoms with Crippen LogP contribution in [0.15, 0.2) is 0 Å². The van der Waals surface area contributed by atoms with Gasteiger partial charge in [-0.3, -0.25) is 4.79 Å². The first-order valence-electron chi connectivity index (χ1n) is 4.09. The molecule has 0 amide bonds. The maximum atomic E-state index is 11.1. The number of hydrogen-bond donors (Lipinski definition) is 2. The van der Waals surface area contributed by atoms with E-state index in [1.807, 2.05) is 0 Å². The molecule has 0 spiro atoms. The van der Waals surface area contributed by atoms with Gasteiger partial charge in [0.2, 0.25) is 0 Å². The van der Waals surface area contributed by atoms with Gasteiger partial charge in [-0.05, 0) is 18.9 Å². The van der Waals surface area contributed by atoms with Crippen LogP contribution in [0, 0.1) is 11.8 Å². The molecule has 0 saturated carbocycles. The fourth-order valence-corrected chi connectivity index (χ4v) is 3.43. The first-order chi connectivity index (χ1) is 5.96. The maximum absolute atomic E-state index is 11.1. The minimum absolute atomic E-state index is 0.0273. The standard InChI is InChI=1S/C7H13NO4S/c8-3-5-4-13(11,12)2-1-6(5)7(9)10/h5-6H,1-4,8H2,(H,9,10)/t5-,6-/m1/s1. The highest BCUT2D eigenvalue weighted by Crippen LogP contribution is 2.24. The number of hydrogen-bond acceptors (Lipinski definition) is 4. The van der Waals surface area contributed by atoms with E-state index >= 15 is 0 Å². The van der Waals surface area contributed by atoms with Crippen LogP contribution < -0.4 is 5.73 Å². The zero-order valence-corrected chi connectivity index (χ0v) is 7.96. The Kier molecular flexibility index (Phi) is 2.92. The minimum Gasteiger partial charge on any atom is -0.481 e. The molecule has 0 aromatic rings. The quantitative estimate of drug-likeness (QED) is 0.610. The molecule has 1 saturated heterocycles. The summed E-state index contributed by atoms with van der Waals surface area (Å²) >= 11 is 0. The Morgan fingerprint density at radius 2 is 2.15 bits per heavy atom. The Hall–Kier alpha value is -0.620. The summed E-state index contributed by atoms with van der Waals surface area (Å²) in [5, 5.41) is 8.76. The number of carboxylic acids is 1. The van der Waals surface area contributed by atoms with E-state index in [1.165, 1.54) is 0 Å². The maximum Gasteiger partial charge on any atom is 0.306 e. The predicted octanol–water partition coefficient (Wildman–Crippen LogP) is -0.919. The van der Waals surface area contributed by atoms with E-state index in [0.717, 1.165) is 0 Å². The monoisotopic (exact) mass is 207 g/mol. The molecule has 1 fully saturated rings. The predicted molar refractivity (Wildman–Crippen MR) is 46.9 cm³/mol. The molecule has 0 aliphatic carbocycles. The van der Waals surface area contributed by atoms with Crippen molar-refractivity contribution in [3.8, 4) is 0 Å². The van der Waals surface area contributed by atoms with Crippen molar-refractivity contribution in [2.24, 2.45) is 17.6 Å². The van der Waals surface area contributed by atoms with Gasteiger partial charge in [0.25, 0.3) is 0 Å². The smallest absolute Gasteiger partial charge is 0.306 e. The number of sulfone groups is 1. The molecular weight excluding hydrogens is 194 g/mol. The molecule has 3 N–H and O–H groups in total. The van der Waals surface area contributed by atoms with E-state index in [0.29, 0.717) is 0 Å². The Morgan fingerprint density at radius 3 is 2.62 bits per heavy atom. The van der Waals surface area contributed by atoms with E-state index in [4.69, 9.17) is 10.8 Å². The van der Waals surface area contributed by atoms with Crippen LogP contribution in [-0.4, -0.2) is 37.5 Å². The van der Waals surface area contributed by atoms with Gasteiger partial charge in [-0.1, -0.05) is 0 Å². The van der Waals surface area contributed by atoms with Crippen molar-refractivity contribution in [3.05, 3.63) is 0 Å². The molecule has 5 nitrogen and oxygen atoms in total. The SMILES string of the molecule is NC[C@@H]1CS(=O)(=O)CC[C@H]1C(=O)O. The zero-order valence-electron chi connectivity index (χ0n) is 7.14. The summed E-state index contributed by atoms with van der Waals surface area (Å²) in [5.74, 6) is -2.06. The molecule has 1 heterocycles. The van der Waals surface area contributed by atoms with Crippen LogP contribution in [0.25, 0.3) is 0 Å². The van der Waals surface area contributed by atoms with Gasteiger partial charge in [0.15, 0.2) is 9.84 Å². The minimum atomic E-state index is -3.05. The number of nitrogens with two attached hydrogens (primary N) is 1. The summed E-state index contributed by atoms with van der Waals surface area (Å²) in [5.41, 5.74) is 5.32. The van der Waals surface area contributed by atoms with Crippen molar-refractivity contribution in [1.82, 2.24) is 0 Å². The van der Waals surface area contributed by atoms with Crippen molar-refractivity contribution in [1.29, 1.82) is 0 Å². The molecule has 2 atom stereocenters. The number of carboxylic acid groups (broad SMARTS) is 1. The number of carbonyl (C=O) groups is 1. The molecular formula is C7H13NO4S. The van der Waals surface area contributed by atoms with Crippen LogP contribution in [-0.2, 0) is 14.6 Å². The summed E-state index contributed by atoms with van der Waals surface area (Å²) in [6.07, 6.45) is 0.194. The summed E-state index contributed by atoms with van der Waals surface area (Å²) < 4.78 is 22.3. The van der Waals surface area contributed by atoms with Gasteiger partial charge >= 0.3 is 5.97 Å². The van der Waals surface area contributed by atoms with E-state index < -0.39 is 27.6 Å². The first kappa shape index (κ1) is 10.5. The van der Waals surface area contributed by atoms with Gasteiger partial charge in [0, 0.05) is 0 Å². The average Bonchev–Trinajstić information content (AvgIpc) is 2.01. The van der Waals surface area contributed by atoms with Crippen LogP contribution in [0.3, 0.4) is 0 Å². The van der Waals surface area contributed by atoms with Crippen LogP contribution in [0.4, 0.5) is 0 Å². The normalized spacial score (nSPS) is 32.7. The highest BCUT2D eigenvalue weighted by molar-refractivity contribution is 7.91. The molecule has 0 aromatic heterocycles. The van der Waals surface area contributed by atoms with Crippen molar-refractivity contribution in [2.75, 3.05) is 18.1 Å². The molecule has 76 valence electrons. The topological polar surface area (TPSA) is 97.5 Å². The zero-order chi connectivity index (χ0) is 10.1. The Balaban J connectivity index is 2.77. The Labute approximate surface area is 76.8 Å². The summed E-state index contributed by atoms with van der Waals surface area (Å²) in [6.45, 7) is 0.121. The van der Waals surface area contributed by atoms with Gasteiger partial charge in [0.05, 0.1) is 17.4 Å². The first-order valence-corrected chi connectivity index (χ1v) is 5.91. The second kappa shape index (κ2) is 3.63. The molecule has 6 heteroatoms. The summed E-state index contributed by atoms with van der Waals surface area (Å²) in [4.78, 5) is 10.7. The van der Waals surface area contributed by atoms with Gasteiger partial charge < -0.3 is 10.8 Å². The third-order valence-electron chi connectivity index (χ3n) is 2.40. The van der Waals surface area contributed by atoms with Crippen LogP contribution in [0.5, 0.6) is 0 Å². The Morgan fingerprint density at radius 1 is 1.54 bits per heavy atom. The average molecular weight is 207 g/mol. The number of aliphatic carboxylic acids is 1. The molecule has 13 heavy (non-hydrogen) atoms. The van der Waals surface area contributed by atoms with E-state index in [-0.39, 0.29) is 24.5 Å². The fraction of sp³-hybridized carbons (Fsp3) is 0.857. The third kappa shape index (κ3) is 2.41. The third-order valence-corrected chi connectivity index (χ3v) is 4.19. The van der Waals surface area contributed by atoms with E-state index in [9.17, 15) is 13.2 Å². The van der Waals surface area contributed by atoms with Crippen LogP contribution >= 0.6 is 0 Å². The Bertz CT molecular complexity index is 298. The molecule has 0 radical (unpaired) electrons. The van der Waals surface area contributed by atoms with Crippen molar-refractivity contribution < 1.29 is 18.3 Å². The van der Waals surface area contributed by atoms with Crippen molar-refractivity contribution in [3.63, 3.8) is 0 Å². The van der Waals surface area contributed by atoms with Crippen molar-refractivity contribution in [2.45, 2.75) is 6.42 Å². The summed E-state index contributed by atoms with van der Waals surface area (Å²) in [6, 6.07) is 0. The molecule has 1 aliphatic rings. The lowest BCUT2D eigenvalue weighted by atomic mass is 9.91.